The number of carbonyl (C=O) groups is 1. The Hall–Kier alpha value is -2.82. The number of phenolic OH excluding ortho intramolecular Hbond substituents is 1. The molecule has 0 unspecified atom stereocenters. The predicted octanol–water partition coefficient (Wildman–Crippen LogP) is 2.54. The molecule has 0 fully saturated rings. The van der Waals surface area contributed by atoms with Crippen molar-refractivity contribution in [3.8, 4) is 11.5 Å². The molecule has 0 heterocycles. The molecule has 0 aliphatic rings. The van der Waals surface area contributed by atoms with Gasteiger partial charge in [-0.15, -0.1) is 0 Å². The minimum Gasteiger partial charge on any atom is -0.508 e. The van der Waals surface area contributed by atoms with Crippen LogP contribution in [0.5, 0.6) is 11.5 Å². The lowest BCUT2D eigenvalue weighted by Gasteiger charge is -2.09. The molecule has 5 nitrogen and oxygen atoms in total. The van der Waals surface area contributed by atoms with Crippen LogP contribution in [-0.4, -0.2) is 23.8 Å². The van der Waals surface area contributed by atoms with E-state index in [2.05, 4.69) is 10.5 Å². The number of benzene rings is 2. The summed E-state index contributed by atoms with van der Waals surface area (Å²) in [7, 11) is 0. The van der Waals surface area contributed by atoms with Gasteiger partial charge >= 0.3 is 0 Å². The third kappa shape index (κ3) is 4.34. The summed E-state index contributed by atoms with van der Waals surface area (Å²) < 4.78 is 5.48. The molecule has 114 valence electrons. The molecule has 0 spiro atoms. The Morgan fingerprint density at radius 1 is 1.27 bits per heavy atom. The molecule has 2 aromatic rings. The molecular weight excluding hydrogens is 280 g/mol. The number of hydrazone groups is 1. The summed E-state index contributed by atoms with van der Waals surface area (Å²) in [4.78, 5) is 11.7. The number of carbonyl (C=O) groups excluding carboxylic acids is 1. The number of amides is 1. The van der Waals surface area contributed by atoms with Crippen LogP contribution in [-0.2, 0) is 4.79 Å². The number of nitrogens with one attached hydrogen (secondary N) is 1. The fraction of sp³-hybridized carbons (Fsp3) is 0.176. The number of rotatable bonds is 5. The molecule has 0 aromatic heterocycles. The van der Waals surface area contributed by atoms with Crippen LogP contribution in [0.4, 0.5) is 0 Å². The van der Waals surface area contributed by atoms with Gasteiger partial charge in [-0.05, 0) is 48.7 Å². The molecule has 2 aromatic carbocycles. The third-order valence-electron chi connectivity index (χ3n) is 3.19. The minimum absolute atomic E-state index is 0.109. The van der Waals surface area contributed by atoms with E-state index in [1.807, 2.05) is 32.0 Å². The summed E-state index contributed by atoms with van der Waals surface area (Å²) in [6, 6.07) is 12.3. The van der Waals surface area contributed by atoms with Gasteiger partial charge in [0.2, 0.25) is 0 Å². The molecule has 0 saturated heterocycles. The van der Waals surface area contributed by atoms with Crippen LogP contribution in [0.15, 0.2) is 47.6 Å². The van der Waals surface area contributed by atoms with Gasteiger partial charge in [0.1, 0.15) is 11.5 Å². The van der Waals surface area contributed by atoms with Crippen LogP contribution in [0, 0.1) is 13.8 Å². The van der Waals surface area contributed by atoms with E-state index in [1.165, 1.54) is 6.21 Å². The molecule has 2 N–H and O–H groups in total. The Morgan fingerprint density at radius 2 is 2.05 bits per heavy atom. The zero-order valence-electron chi connectivity index (χ0n) is 12.5. The first-order valence-electron chi connectivity index (χ1n) is 6.86. The summed E-state index contributed by atoms with van der Waals surface area (Å²) in [5, 5.41) is 13.1. The van der Waals surface area contributed by atoms with E-state index >= 15 is 0 Å². The van der Waals surface area contributed by atoms with Crippen molar-refractivity contribution < 1.29 is 14.6 Å². The highest BCUT2D eigenvalue weighted by molar-refractivity contribution is 5.83. The van der Waals surface area contributed by atoms with Gasteiger partial charge in [-0.1, -0.05) is 24.3 Å². The van der Waals surface area contributed by atoms with E-state index in [4.69, 9.17) is 4.74 Å². The van der Waals surface area contributed by atoms with Crippen molar-refractivity contribution in [2.24, 2.45) is 5.10 Å². The topological polar surface area (TPSA) is 70.9 Å². The highest BCUT2D eigenvalue weighted by Crippen LogP contribution is 2.20. The Bertz CT molecular complexity index is 696. The fourth-order valence-electron chi connectivity index (χ4n) is 1.84. The lowest BCUT2D eigenvalue weighted by atomic mass is 10.1. The van der Waals surface area contributed by atoms with E-state index in [9.17, 15) is 9.90 Å². The molecule has 0 atom stereocenters. The second-order valence-electron chi connectivity index (χ2n) is 4.87. The lowest BCUT2D eigenvalue weighted by molar-refractivity contribution is -0.123. The Morgan fingerprint density at radius 3 is 2.82 bits per heavy atom. The van der Waals surface area contributed by atoms with Crippen LogP contribution >= 0.6 is 0 Å². The summed E-state index contributed by atoms with van der Waals surface area (Å²) in [5.74, 6) is 0.484. The number of phenols is 1. The van der Waals surface area contributed by atoms with E-state index < -0.39 is 0 Å². The zero-order valence-corrected chi connectivity index (χ0v) is 12.5. The van der Waals surface area contributed by atoms with Crippen LogP contribution in [0.3, 0.4) is 0 Å². The Labute approximate surface area is 129 Å². The van der Waals surface area contributed by atoms with Crippen molar-refractivity contribution in [2.75, 3.05) is 6.61 Å². The average Bonchev–Trinajstić information content (AvgIpc) is 2.49. The second-order valence-corrected chi connectivity index (χ2v) is 4.87. The molecule has 0 radical (unpaired) electrons. The molecule has 0 aliphatic heterocycles. The maximum atomic E-state index is 11.7. The van der Waals surface area contributed by atoms with Gasteiger partial charge in [0.25, 0.3) is 5.91 Å². The number of nitrogens with zero attached hydrogens (tertiary/aromatic N) is 1. The molecule has 22 heavy (non-hydrogen) atoms. The molecule has 5 heteroatoms. The number of ether oxygens (including phenoxy) is 1. The summed E-state index contributed by atoms with van der Waals surface area (Å²) in [6.45, 7) is 3.83. The SMILES string of the molecule is Cc1cccc(OCC(=O)NN=Cc2cccc(O)c2)c1C. The van der Waals surface area contributed by atoms with E-state index in [0.717, 1.165) is 11.1 Å². The smallest absolute Gasteiger partial charge is 0.277 e. The number of hydrogen-bond acceptors (Lipinski definition) is 4. The van der Waals surface area contributed by atoms with Gasteiger partial charge in [-0.2, -0.15) is 5.10 Å². The Kier molecular flexibility index (Phi) is 5.14. The molecule has 0 saturated carbocycles. The molecular formula is C17H18N2O3. The van der Waals surface area contributed by atoms with E-state index in [1.54, 1.807) is 24.3 Å². The van der Waals surface area contributed by atoms with Crippen LogP contribution in [0.2, 0.25) is 0 Å². The zero-order chi connectivity index (χ0) is 15.9. The number of aryl methyl sites for hydroxylation is 1. The van der Waals surface area contributed by atoms with Crippen molar-refractivity contribution in [3.63, 3.8) is 0 Å². The molecule has 1 amide bonds. The van der Waals surface area contributed by atoms with Gasteiger partial charge in [0.05, 0.1) is 6.21 Å². The second kappa shape index (κ2) is 7.26. The highest BCUT2D eigenvalue weighted by Gasteiger charge is 2.05. The van der Waals surface area contributed by atoms with Crippen molar-refractivity contribution >= 4 is 12.1 Å². The monoisotopic (exact) mass is 298 g/mol. The normalized spacial score (nSPS) is 10.6. The van der Waals surface area contributed by atoms with Gasteiger partial charge in [-0.25, -0.2) is 5.43 Å². The number of aromatic hydroxyl groups is 1. The predicted molar refractivity (Wildman–Crippen MR) is 85.3 cm³/mol. The summed E-state index contributed by atoms with van der Waals surface area (Å²) in [5.41, 5.74) is 5.19. The van der Waals surface area contributed by atoms with Gasteiger partial charge < -0.3 is 9.84 Å². The highest BCUT2D eigenvalue weighted by atomic mass is 16.5. The largest absolute Gasteiger partial charge is 0.508 e. The molecule has 0 bridgehead atoms. The van der Waals surface area contributed by atoms with Crippen molar-refractivity contribution in [1.29, 1.82) is 0 Å². The first kappa shape index (κ1) is 15.6. The van der Waals surface area contributed by atoms with E-state index in [0.29, 0.717) is 11.3 Å². The summed E-state index contributed by atoms with van der Waals surface area (Å²) in [6.07, 6.45) is 1.45. The number of hydrogen-bond donors (Lipinski definition) is 2. The molecule has 0 aliphatic carbocycles. The summed E-state index contributed by atoms with van der Waals surface area (Å²) >= 11 is 0. The first-order chi connectivity index (χ1) is 10.6. The lowest BCUT2D eigenvalue weighted by Crippen LogP contribution is -2.24. The maximum absolute atomic E-state index is 11.7. The van der Waals surface area contributed by atoms with Gasteiger partial charge in [0.15, 0.2) is 6.61 Å². The third-order valence-corrected chi connectivity index (χ3v) is 3.19. The minimum atomic E-state index is -0.350. The fourth-order valence-corrected chi connectivity index (χ4v) is 1.84. The quantitative estimate of drug-likeness (QED) is 0.658. The van der Waals surface area contributed by atoms with E-state index in [-0.39, 0.29) is 18.3 Å². The van der Waals surface area contributed by atoms with Gasteiger partial charge in [0, 0.05) is 0 Å². The van der Waals surface area contributed by atoms with Crippen LogP contribution < -0.4 is 10.2 Å². The first-order valence-corrected chi connectivity index (χ1v) is 6.86. The maximum Gasteiger partial charge on any atom is 0.277 e. The van der Waals surface area contributed by atoms with Crippen molar-refractivity contribution in [1.82, 2.24) is 5.43 Å². The van der Waals surface area contributed by atoms with Gasteiger partial charge in [-0.3, -0.25) is 4.79 Å². The Balaban J connectivity index is 1.84. The van der Waals surface area contributed by atoms with Crippen molar-refractivity contribution in [3.05, 3.63) is 59.2 Å². The average molecular weight is 298 g/mol. The standard InChI is InChI=1S/C17H18N2O3/c1-12-5-3-8-16(13(12)2)22-11-17(21)19-18-10-14-6-4-7-15(20)9-14/h3-10,20H,11H2,1-2H3,(H,19,21). The van der Waals surface area contributed by atoms with Crippen LogP contribution in [0.1, 0.15) is 16.7 Å². The van der Waals surface area contributed by atoms with Crippen molar-refractivity contribution in [2.45, 2.75) is 13.8 Å². The van der Waals surface area contributed by atoms with Crippen LogP contribution in [0.25, 0.3) is 0 Å². The molecule has 2 rings (SSSR count).